The first-order valence-electron chi connectivity index (χ1n) is 12.1. The maximum Gasteiger partial charge on any atom is 6.00 e. The number of hydrogen-bond acceptors (Lipinski definition) is 12. The van der Waals surface area contributed by atoms with E-state index in [4.69, 9.17) is 0 Å². The fraction of sp³-hybridized carbons (Fsp3) is 0.750. The van der Waals surface area contributed by atoms with Crippen LogP contribution in [0.5, 0.6) is 0 Å². The van der Waals surface area contributed by atoms with E-state index < -0.39 is 71.3 Å². The molecule has 0 atom stereocenters. The van der Waals surface area contributed by atoms with Gasteiger partial charge >= 0.3 is 21.1 Å². The molecule has 0 radical (unpaired) electrons. The van der Waals surface area contributed by atoms with E-state index in [1.165, 1.54) is 0 Å². The topological polar surface area (TPSA) is 241 Å². The molecule has 0 unspecified atom stereocenters. The molecular weight excluding hydrogens is 664 g/mol. The standard InChI is InChI=1S/3C8H12O4.W/c3*9-7(10)5-1-2-6(4-3-5)8(11)12;/h3*5-6H,1-4H2,(H,9,10)(H,11,12);/q;;;+6/p-6/t3*5-,6-;. The molecule has 37 heavy (non-hydrogen) atoms. The summed E-state index contributed by atoms with van der Waals surface area (Å²) in [6.07, 6.45) is 4.85. The summed E-state index contributed by atoms with van der Waals surface area (Å²) in [6, 6.07) is 0. The van der Waals surface area contributed by atoms with Crippen LogP contribution in [-0.4, -0.2) is 35.8 Å². The average molecular weight is 694 g/mol. The van der Waals surface area contributed by atoms with Crippen molar-refractivity contribution in [1.29, 1.82) is 0 Å². The molecule has 3 saturated carbocycles. The van der Waals surface area contributed by atoms with E-state index in [0.717, 1.165) is 0 Å². The Morgan fingerprint density at radius 2 is 0.378 bits per heavy atom. The van der Waals surface area contributed by atoms with E-state index >= 15 is 0 Å². The van der Waals surface area contributed by atoms with Gasteiger partial charge in [-0.3, -0.25) is 0 Å². The summed E-state index contributed by atoms with van der Waals surface area (Å²) >= 11 is 0. The summed E-state index contributed by atoms with van der Waals surface area (Å²) in [4.78, 5) is 62.1. The van der Waals surface area contributed by atoms with Crippen molar-refractivity contribution >= 4 is 35.8 Å². The molecule has 0 bridgehead atoms. The van der Waals surface area contributed by atoms with Crippen molar-refractivity contribution in [2.24, 2.45) is 35.5 Å². The van der Waals surface area contributed by atoms with Crippen LogP contribution in [0.3, 0.4) is 0 Å². The van der Waals surface area contributed by atoms with Crippen LogP contribution in [-0.2, 0) is 49.8 Å². The van der Waals surface area contributed by atoms with Gasteiger partial charge in [0, 0.05) is 35.8 Å². The summed E-state index contributed by atoms with van der Waals surface area (Å²) in [7, 11) is 0. The zero-order valence-electron chi connectivity index (χ0n) is 20.3. The summed E-state index contributed by atoms with van der Waals surface area (Å²) < 4.78 is 0. The zero-order chi connectivity index (χ0) is 27.4. The molecule has 0 heterocycles. The van der Waals surface area contributed by atoms with Gasteiger partial charge in [0.25, 0.3) is 0 Å². The van der Waals surface area contributed by atoms with Crippen LogP contribution >= 0.6 is 0 Å². The summed E-state index contributed by atoms with van der Waals surface area (Å²) in [6.45, 7) is 0. The van der Waals surface area contributed by atoms with Gasteiger partial charge in [-0.15, -0.1) is 0 Å². The van der Waals surface area contributed by atoms with Crippen molar-refractivity contribution in [3.05, 3.63) is 0 Å². The Labute approximate surface area is 228 Å². The predicted octanol–water partition coefficient (Wildman–Crippen LogP) is -5.12. The molecule has 12 nitrogen and oxygen atoms in total. The Hall–Kier alpha value is -2.49. The quantitative estimate of drug-likeness (QED) is 0.254. The largest absolute Gasteiger partial charge is 6.00 e. The maximum absolute atomic E-state index is 10.4. The van der Waals surface area contributed by atoms with Gasteiger partial charge in [0.15, 0.2) is 0 Å². The van der Waals surface area contributed by atoms with E-state index in [0.29, 0.717) is 77.0 Å². The minimum atomic E-state index is -1.06. The second kappa shape index (κ2) is 17.1. The van der Waals surface area contributed by atoms with Gasteiger partial charge in [0.1, 0.15) is 0 Å². The van der Waals surface area contributed by atoms with Gasteiger partial charge in [0.2, 0.25) is 0 Å². The van der Waals surface area contributed by atoms with Gasteiger partial charge in [-0.25, -0.2) is 0 Å². The second-order valence-corrected chi connectivity index (χ2v) is 9.56. The minimum Gasteiger partial charge on any atom is -0.550 e. The monoisotopic (exact) mass is 694 g/mol. The average Bonchev–Trinajstić information content (AvgIpc) is 2.84. The Balaban J connectivity index is 0.000000518. The Morgan fingerprint density at radius 1 is 0.297 bits per heavy atom. The molecule has 0 aromatic heterocycles. The molecular formula is C24H30O12W. The van der Waals surface area contributed by atoms with Crippen LogP contribution in [0.2, 0.25) is 0 Å². The summed E-state index contributed by atoms with van der Waals surface area (Å²) in [5.74, 6) is -9.13. The summed E-state index contributed by atoms with van der Waals surface area (Å²) in [5.41, 5.74) is 0. The molecule has 0 saturated heterocycles. The maximum atomic E-state index is 10.4. The third-order valence-corrected chi connectivity index (χ3v) is 7.18. The molecule has 0 N–H and O–H groups in total. The molecule has 3 aliphatic carbocycles. The zero-order valence-corrected chi connectivity index (χ0v) is 23.2. The van der Waals surface area contributed by atoms with Gasteiger partial charge in [0.05, 0.1) is 0 Å². The van der Waals surface area contributed by atoms with E-state index in [1.54, 1.807) is 0 Å². The number of carboxylic acids is 6. The molecule has 204 valence electrons. The predicted molar refractivity (Wildman–Crippen MR) is 106 cm³/mol. The van der Waals surface area contributed by atoms with Crippen LogP contribution < -0.4 is 30.6 Å². The third-order valence-electron chi connectivity index (χ3n) is 7.18. The molecule has 0 aromatic rings. The molecule has 0 aliphatic heterocycles. The van der Waals surface area contributed by atoms with Crippen molar-refractivity contribution < 1.29 is 80.5 Å². The first kappa shape index (κ1) is 34.5. The molecule has 0 spiro atoms. The molecule has 3 fully saturated rings. The first-order chi connectivity index (χ1) is 16.8. The Bertz CT molecular complexity index is 619. The fourth-order valence-corrected chi connectivity index (χ4v) is 4.69. The number of carboxylic acid groups (broad SMARTS) is 6. The van der Waals surface area contributed by atoms with Crippen molar-refractivity contribution in [2.45, 2.75) is 77.0 Å². The summed E-state index contributed by atoms with van der Waals surface area (Å²) in [5, 5.41) is 62.1. The van der Waals surface area contributed by atoms with Gasteiger partial charge < -0.3 is 59.4 Å². The SMILES string of the molecule is O=C([O-])[C@H]1CC[C@H](C(=O)[O-])CC1.O=C([O-])[C@H]1CC[C@H](C(=O)[O-])CC1.O=C([O-])[C@H]1CC[C@H](C(=O)[O-])CC1.[W+6]. The van der Waals surface area contributed by atoms with Crippen molar-refractivity contribution in [3.63, 3.8) is 0 Å². The number of aliphatic carboxylic acids is 6. The molecule has 0 aromatic carbocycles. The molecule has 13 heteroatoms. The van der Waals surface area contributed by atoms with Crippen molar-refractivity contribution in [3.8, 4) is 0 Å². The van der Waals surface area contributed by atoms with Crippen molar-refractivity contribution in [2.75, 3.05) is 0 Å². The Morgan fingerprint density at radius 3 is 0.432 bits per heavy atom. The normalized spacial score (nSPS) is 28.9. The molecule has 3 aliphatic rings. The van der Waals surface area contributed by atoms with E-state index in [1.807, 2.05) is 0 Å². The third kappa shape index (κ3) is 12.5. The van der Waals surface area contributed by atoms with E-state index in [2.05, 4.69) is 0 Å². The van der Waals surface area contributed by atoms with Crippen LogP contribution in [0.15, 0.2) is 0 Å². The van der Waals surface area contributed by atoms with Gasteiger partial charge in [-0.05, 0) is 113 Å². The van der Waals surface area contributed by atoms with Crippen LogP contribution in [0, 0.1) is 35.5 Å². The van der Waals surface area contributed by atoms with Crippen molar-refractivity contribution in [1.82, 2.24) is 0 Å². The molecule has 0 amide bonds. The smallest absolute Gasteiger partial charge is 0.550 e. The number of carbonyl (C=O) groups is 6. The second-order valence-electron chi connectivity index (χ2n) is 9.56. The first-order valence-corrected chi connectivity index (χ1v) is 12.1. The Kier molecular flexibility index (Phi) is 15.9. The van der Waals surface area contributed by atoms with Crippen LogP contribution in [0.1, 0.15) is 77.0 Å². The van der Waals surface area contributed by atoms with E-state index in [-0.39, 0.29) is 21.1 Å². The fourth-order valence-electron chi connectivity index (χ4n) is 4.69. The van der Waals surface area contributed by atoms with E-state index in [9.17, 15) is 59.4 Å². The molecule has 3 rings (SSSR count). The van der Waals surface area contributed by atoms with Crippen LogP contribution in [0.4, 0.5) is 0 Å². The minimum absolute atomic E-state index is 0. The van der Waals surface area contributed by atoms with Gasteiger partial charge in [-0.2, -0.15) is 0 Å². The number of rotatable bonds is 6. The number of carbonyl (C=O) groups excluding carboxylic acids is 6. The van der Waals surface area contributed by atoms with Gasteiger partial charge in [-0.1, -0.05) is 0 Å². The number of hydrogen-bond donors (Lipinski definition) is 0. The van der Waals surface area contributed by atoms with Crippen LogP contribution in [0.25, 0.3) is 0 Å².